The van der Waals surface area contributed by atoms with Crippen LogP contribution in [-0.4, -0.2) is 29.8 Å². The fourth-order valence-corrected chi connectivity index (χ4v) is 2.19. The Balaban J connectivity index is 2.22. The maximum absolute atomic E-state index is 13.9. The molecule has 4 nitrogen and oxygen atoms in total. The number of nitrogens with zero attached hydrogens (tertiary/aromatic N) is 1. The molecule has 1 aliphatic rings. The number of anilines is 2. The zero-order valence-corrected chi connectivity index (χ0v) is 12.1. The highest BCUT2D eigenvalue weighted by Crippen LogP contribution is 2.30. The van der Waals surface area contributed by atoms with Crippen molar-refractivity contribution in [3.63, 3.8) is 0 Å². The SMILES string of the molecule is CCCNc1nc(NC2(C)CCOC2C)c(F)cc1F. The first-order valence-corrected chi connectivity index (χ1v) is 6.96. The molecule has 0 amide bonds. The van der Waals surface area contributed by atoms with Crippen LogP contribution in [-0.2, 0) is 4.74 Å². The molecule has 1 saturated heterocycles. The fraction of sp³-hybridized carbons (Fsp3) is 0.643. The Morgan fingerprint density at radius 2 is 2.10 bits per heavy atom. The average Bonchev–Trinajstić information content (AvgIpc) is 2.71. The lowest BCUT2D eigenvalue weighted by Crippen LogP contribution is -2.41. The maximum atomic E-state index is 13.9. The van der Waals surface area contributed by atoms with Crippen LogP contribution in [0.4, 0.5) is 20.4 Å². The van der Waals surface area contributed by atoms with E-state index >= 15 is 0 Å². The summed E-state index contributed by atoms with van der Waals surface area (Å²) >= 11 is 0. The summed E-state index contributed by atoms with van der Waals surface area (Å²) in [4.78, 5) is 4.02. The molecule has 0 aromatic carbocycles. The summed E-state index contributed by atoms with van der Waals surface area (Å²) in [6.07, 6.45) is 1.54. The van der Waals surface area contributed by atoms with Crippen molar-refractivity contribution < 1.29 is 13.5 Å². The molecule has 112 valence electrons. The lowest BCUT2D eigenvalue weighted by molar-refractivity contribution is 0.105. The largest absolute Gasteiger partial charge is 0.376 e. The first-order chi connectivity index (χ1) is 9.46. The van der Waals surface area contributed by atoms with E-state index < -0.39 is 17.2 Å². The molecule has 0 radical (unpaired) electrons. The minimum atomic E-state index is -0.690. The minimum absolute atomic E-state index is 0.0548. The van der Waals surface area contributed by atoms with Gasteiger partial charge >= 0.3 is 0 Å². The van der Waals surface area contributed by atoms with Gasteiger partial charge in [-0.15, -0.1) is 0 Å². The van der Waals surface area contributed by atoms with Gasteiger partial charge in [-0.25, -0.2) is 13.8 Å². The molecule has 1 aromatic heterocycles. The summed E-state index contributed by atoms with van der Waals surface area (Å²) < 4.78 is 33.0. The van der Waals surface area contributed by atoms with E-state index in [0.717, 1.165) is 18.9 Å². The second-order valence-corrected chi connectivity index (χ2v) is 5.38. The predicted molar refractivity (Wildman–Crippen MR) is 75.0 cm³/mol. The van der Waals surface area contributed by atoms with Crippen LogP contribution >= 0.6 is 0 Å². The highest BCUT2D eigenvalue weighted by molar-refractivity contribution is 5.49. The molecule has 2 N–H and O–H groups in total. The summed E-state index contributed by atoms with van der Waals surface area (Å²) in [5.74, 6) is -1.23. The van der Waals surface area contributed by atoms with Crippen molar-refractivity contribution >= 4 is 11.6 Å². The molecule has 20 heavy (non-hydrogen) atoms. The number of hydrogen-bond acceptors (Lipinski definition) is 4. The van der Waals surface area contributed by atoms with Gasteiger partial charge in [0.05, 0.1) is 11.6 Å². The zero-order valence-electron chi connectivity index (χ0n) is 12.1. The minimum Gasteiger partial charge on any atom is -0.376 e. The van der Waals surface area contributed by atoms with Crippen molar-refractivity contribution in [2.75, 3.05) is 23.8 Å². The Bertz CT molecular complexity index is 484. The van der Waals surface area contributed by atoms with Gasteiger partial charge in [0, 0.05) is 19.2 Å². The molecule has 1 aromatic rings. The standard InChI is InChI=1S/C14H21F2N3O/c1-4-6-17-12-10(15)8-11(16)13(18-12)19-14(3)5-7-20-9(14)2/h8-9H,4-7H2,1-3H3,(H2,17,18,19). The van der Waals surface area contributed by atoms with Crippen molar-refractivity contribution in [3.05, 3.63) is 17.7 Å². The van der Waals surface area contributed by atoms with Gasteiger partial charge in [-0.1, -0.05) is 6.92 Å². The first-order valence-electron chi connectivity index (χ1n) is 6.96. The average molecular weight is 285 g/mol. The van der Waals surface area contributed by atoms with E-state index in [1.165, 1.54) is 0 Å². The Morgan fingerprint density at radius 3 is 2.70 bits per heavy atom. The molecule has 6 heteroatoms. The topological polar surface area (TPSA) is 46.2 Å². The molecule has 0 aliphatic carbocycles. The van der Waals surface area contributed by atoms with Crippen molar-refractivity contribution in [1.29, 1.82) is 0 Å². The van der Waals surface area contributed by atoms with E-state index in [9.17, 15) is 8.78 Å². The number of hydrogen-bond donors (Lipinski definition) is 2. The van der Waals surface area contributed by atoms with Crippen LogP contribution in [0.2, 0.25) is 0 Å². The molecular weight excluding hydrogens is 264 g/mol. The Morgan fingerprint density at radius 1 is 1.40 bits per heavy atom. The Labute approximate surface area is 117 Å². The van der Waals surface area contributed by atoms with Crippen LogP contribution in [0, 0.1) is 11.6 Å². The molecule has 1 fully saturated rings. The molecule has 0 spiro atoms. The van der Waals surface area contributed by atoms with Crippen LogP contribution in [0.25, 0.3) is 0 Å². The third-order valence-electron chi connectivity index (χ3n) is 3.76. The second kappa shape index (κ2) is 5.91. The van der Waals surface area contributed by atoms with Crippen LogP contribution in [0.3, 0.4) is 0 Å². The molecule has 0 bridgehead atoms. The summed E-state index contributed by atoms with van der Waals surface area (Å²) in [7, 11) is 0. The zero-order chi connectivity index (χ0) is 14.8. The number of nitrogens with one attached hydrogen (secondary N) is 2. The van der Waals surface area contributed by atoms with Crippen LogP contribution in [0.5, 0.6) is 0 Å². The van der Waals surface area contributed by atoms with E-state index in [2.05, 4.69) is 15.6 Å². The van der Waals surface area contributed by atoms with Gasteiger partial charge < -0.3 is 15.4 Å². The lowest BCUT2D eigenvalue weighted by Gasteiger charge is -2.29. The van der Waals surface area contributed by atoms with E-state index in [-0.39, 0.29) is 17.7 Å². The van der Waals surface area contributed by atoms with Crippen molar-refractivity contribution in [2.24, 2.45) is 0 Å². The lowest BCUT2D eigenvalue weighted by atomic mass is 9.95. The molecule has 2 unspecified atom stereocenters. The van der Waals surface area contributed by atoms with E-state index in [1.807, 2.05) is 20.8 Å². The van der Waals surface area contributed by atoms with E-state index in [0.29, 0.717) is 13.2 Å². The molecule has 1 aliphatic heterocycles. The summed E-state index contributed by atoms with van der Waals surface area (Å²) in [6.45, 7) is 7.05. The monoisotopic (exact) mass is 285 g/mol. The van der Waals surface area contributed by atoms with Crippen LogP contribution < -0.4 is 10.6 Å². The quantitative estimate of drug-likeness (QED) is 0.872. The molecule has 2 heterocycles. The number of pyridine rings is 1. The summed E-state index contributed by atoms with van der Waals surface area (Å²) in [6, 6.07) is 0.858. The van der Waals surface area contributed by atoms with Crippen molar-refractivity contribution in [2.45, 2.75) is 45.3 Å². The Kier molecular flexibility index (Phi) is 4.42. The predicted octanol–water partition coefficient (Wildman–Crippen LogP) is 3.16. The van der Waals surface area contributed by atoms with Gasteiger partial charge in [-0.05, 0) is 26.7 Å². The summed E-state index contributed by atoms with van der Waals surface area (Å²) in [5, 5.41) is 5.92. The van der Waals surface area contributed by atoms with Gasteiger partial charge in [0.2, 0.25) is 0 Å². The number of ether oxygens (including phenoxy) is 1. The first kappa shape index (κ1) is 15.0. The molecular formula is C14H21F2N3O. The van der Waals surface area contributed by atoms with Crippen molar-refractivity contribution in [1.82, 2.24) is 4.98 Å². The normalized spacial score (nSPS) is 25.8. The van der Waals surface area contributed by atoms with Crippen LogP contribution in [0.15, 0.2) is 6.07 Å². The molecule has 0 saturated carbocycles. The van der Waals surface area contributed by atoms with E-state index in [4.69, 9.17) is 4.74 Å². The second-order valence-electron chi connectivity index (χ2n) is 5.38. The van der Waals surface area contributed by atoms with Gasteiger partial charge in [-0.3, -0.25) is 0 Å². The molecule has 2 atom stereocenters. The van der Waals surface area contributed by atoms with Gasteiger partial charge in [-0.2, -0.15) is 0 Å². The van der Waals surface area contributed by atoms with Crippen molar-refractivity contribution in [3.8, 4) is 0 Å². The number of halogens is 2. The third-order valence-corrected chi connectivity index (χ3v) is 3.76. The van der Waals surface area contributed by atoms with Gasteiger partial charge in [0.1, 0.15) is 0 Å². The van der Waals surface area contributed by atoms with Gasteiger partial charge in [0.25, 0.3) is 0 Å². The highest BCUT2D eigenvalue weighted by Gasteiger charge is 2.38. The fourth-order valence-electron chi connectivity index (χ4n) is 2.19. The van der Waals surface area contributed by atoms with E-state index in [1.54, 1.807) is 0 Å². The third kappa shape index (κ3) is 3.00. The maximum Gasteiger partial charge on any atom is 0.168 e. The van der Waals surface area contributed by atoms with Crippen LogP contribution in [0.1, 0.15) is 33.6 Å². The molecule has 2 rings (SSSR count). The smallest absolute Gasteiger partial charge is 0.168 e. The highest BCUT2D eigenvalue weighted by atomic mass is 19.1. The number of rotatable bonds is 5. The summed E-state index contributed by atoms with van der Waals surface area (Å²) in [5.41, 5.74) is -0.395. The Hall–Kier alpha value is -1.43. The van der Waals surface area contributed by atoms with Gasteiger partial charge in [0.15, 0.2) is 23.3 Å². The number of aromatic nitrogens is 1.